The van der Waals surface area contributed by atoms with E-state index in [1.54, 1.807) is 6.20 Å². The van der Waals surface area contributed by atoms with E-state index in [1.165, 1.54) is 25.7 Å². The van der Waals surface area contributed by atoms with Crippen molar-refractivity contribution in [3.8, 4) is 0 Å². The number of nitrogens with zero attached hydrogens (tertiary/aromatic N) is 2. The van der Waals surface area contributed by atoms with Crippen LogP contribution in [0.15, 0.2) is 6.20 Å². The molecular formula is C9H12ClN3. The lowest BCUT2D eigenvalue weighted by Gasteiger charge is -2.09. The number of hydrogen-bond acceptors (Lipinski definition) is 3. The van der Waals surface area contributed by atoms with Crippen molar-refractivity contribution in [3.63, 3.8) is 0 Å². The Hall–Kier alpha value is -0.830. The van der Waals surface area contributed by atoms with Crippen LogP contribution in [-0.4, -0.2) is 9.97 Å². The van der Waals surface area contributed by atoms with Gasteiger partial charge in [-0.1, -0.05) is 24.4 Å². The molecule has 0 aliphatic heterocycles. The first-order valence-electron chi connectivity index (χ1n) is 4.55. The molecule has 1 fully saturated rings. The molecule has 2 rings (SSSR count). The lowest BCUT2D eigenvalue weighted by Crippen LogP contribution is -2.00. The monoisotopic (exact) mass is 197 g/mol. The molecule has 1 aromatic heterocycles. The van der Waals surface area contributed by atoms with E-state index in [0.29, 0.717) is 11.1 Å². The number of halogens is 1. The molecule has 0 atom stereocenters. The van der Waals surface area contributed by atoms with Gasteiger partial charge in [0.25, 0.3) is 0 Å². The average molecular weight is 198 g/mol. The summed E-state index contributed by atoms with van der Waals surface area (Å²) >= 11 is 5.98. The summed E-state index contributed by atoms with van der Waals surface area (Å²) in [4.78, 5) is 7.92. The van der Waals surface area contributed by atoms with Gasteiger partial charge in [-0.25, -0.2) is 9.97 Å². The van der Waals surface area contributed by atoms with Crippen LogP contribution in [0, 0.1) is 0 Å². The number of nitrogen functional groups attached to an aromatic ring is 1. The van der Waals surface area contributed by atoms with E-state index in [4.69, 9.17) is 17.3 Å². The summed E-state index contributed by atoms with van der Waals surface area (Å²) < 4.78 is 0. The fraction of sp³-hybridized carbons (Fsp3) is 0.556. The topological polar surface area (TPSA) is 51.8 Å². The van der Waals surface area contributed by atoms with Crippen LogP contribution in [0.2, 0.25) is 5.15 Å². The molecule has 0 unspecified atom stereocenters. The lowest BCUT2D eigenvalue weighted by atomic mass is 10.0. The molecule has 0 saturated heterocycles. The van der Waals surface area contributed by atoms with Gasteiger partial charge in [0.05, 0.1) is 0 Å². The Kier molecular flexibility index (Phi) is 2.36. The first-order valence-corrected chi connectivity index (χ1v) is 4.93. The molecule has 1 aliphatic rings. The first-order chi connectivity index (χ1) is 6.27. The van der Waals surface area contributed by atoms with Gasteiger partial charge in [0.15, 0.2) is 0 Å². The van der Waals surface area contributed by atoms with Gasteiger partial charge >= 0.3 is 0 Å². The van der Waals surface area contributed by atoms with Crippen molar-refractivity contribution >= 4 is 17.5 Å². The summed E-state index contributed by atoms with van der Waals surface area (Å²) in [5, 5.41) is 0.527. The summed E-state index contributed by atoms with van der Waals surface area (Å²) in [5.74, 6) is 0.805. The summed E-state index contributed by atoms with van der Waals surface area (Å²) in [6, 6.07) is 0. The third-order valence-corrected chi connectivity index (χ3v) is 2.88. The molecule has 13 heavy (non-hydrogen) atoms. The predicted octanol–water partition coefficient (Wildman–Crippen LogP) is 2.37. The maximum absolute atomic E-state index is 5.98. The molecule has 0 aromatic carbocycles. The van der Waals surface area contributed by atoms with E-state index in [0.717, 1.165) is 5.56 Å². The van der Waals surface area contributed by atoms with Gasteiger partial charge in [-0.3, -0.25) is 0 Å². The maximum atomic E-state index is 5.98. The highest BCUT2D eigenvalue weighted by atomic mass is 35.5. The molecule has 3 nitrogen and oxygen atoms in total. The predicted molar refractivity (Wildman–Crippen MR) is 52.7 cm³/mol. The zero-order valence-electron chi connectivity index (χ0n) is 7.33. The minimum Gasteiger partial charge on any atom is -0.368 e. The molecule has 1 aromatic rings. The van der Waals surface area contributed by atoms with Crippen molar-refractivity contribution in [1.29, 1.82) is 0 Å². The van der Waals surface area contributed by atoms with Crippen LogP contribution in [-0.2, 0) is 0 Å². The largest absolute Gasteiger partial charge is 0.368 e. The Balaban J connectivity index is 2.29. The molecule has 4 heteroatoms. The molecule has 0 spiro atoms. The maximum Gasteiger partial charge on any atom is 0.221 e. The fourth-order valence-electron chi connectivity index (χ4n) is 1.89. The number of anilines is 1. The number of rotatable bonds is 1. The van der Waals surface area contributed by atoms with Gasteiger partial charge in [0.2, 0.25) is 5.95 Å². The van der Waals surface area contributed by atoms with Gasteiger partial charge in [-0.05, 0) is 18.8 Å². The first kappa shape index (κ1) is 8.75. The number of aromatic nitrogens is 2. The van der Waals surface area contributed by atoms with Gasteiger partial charge < -0.3 is 5.73 Å². The minimum atomic E-state index is 0.256. The van der Waals surface area contributed by atoms with Crippen LogP contribution in [0.1, 0.15) is 37.2 Å². The van der Waals surface area contributed by atoms with E-state index < -0.39 is 0 Å². The summed E-state index contributed by atoms with van der Waals surface area (Å²) in [6.45, 7) is 0. The highest BCUT2D eigenvalue weighted by Crippen LogP contribution is 2.36. The van der Waals surface area contributed by atoms with Crippen LogP contribution in [0.4, 0.5) is 5.95 Å². The van der Waals surface area contributed by atoms with Crippen LogP contribution in [0.25, 0.3) is 0 Å². The van der Waals surface area contributed by atoms with Gasteiger partial charge in [0, 0.05) is 11.8 Å². The molecule has 1 aliphatic carbocycles. The Morgan fingerprint density at radius 3 is 2.69 bits per heavy atom. The van der Waals surface area contributed by atoms with E-state index in [9.17, 15) is 0 Å². The zero-order chi connectivity index (χ0) is 9.26. The Labute approximate surface area is 82.3 Å². The van der Waals surface area contributed by atoms with Gasteiger partial charge in [0.1, 0.15) is 5.15 Å². The molecule has 1 saturated carbocycles. The van der Waals surface area contributed by atoms with E-state index in [1.807, 2.05) is 0 Å². The number of hydrogen-bond donors (Lipinski definition) is 1. The third kappa shape index (κ3) is 1.75. The van der Waals surface area contributed by atoms with E-state index >= 15 is 0 Å². The van der Waals surface area contributed by atoms with Crippen LogP contribution < -0.4 is 5.73 Å². The SMILES string of the molecule is Nc1ncc(C2CCCC2)c(Cl)n1. The van der Waals surface area contributed by atoms with Crippen molar-refractivity contribution in [2.24, 2.45) is 0 Å². The molecule has 0 bridgehead atoms. The fourth-order valence-corrected chi connectivity index (χ4v) is 2.18. The molecule has 0 amide bonds. The smallest absolute Gasteiger partial charge is 0.221 e. The zero-order valence-corrected chi connectivity index (χ0v) is 8.09. The van der Waals surface area contributed by atoms with E-state index in [2.05, 4.69) is 9.97 Å². The van der Waals surface area contributed by atoms with Crippen LogP contribution >= 0.6 is 11.6 Å². The van der Waals surface area contributed by atoms with Crippen LogP contribution in [0.5, 0.6) is 0 Å². The van der Waals surface area contributed by atoms with Crippen molar-refractivity contribution in [1.82, 2.24) is 9.97 Å². The molecule has 0 radical (unpaired) electrons. The molecule has 1 heterocycles. The molecule has 2 N–H and O–H groups in total. The van der Waals surface area contributed by atoms with Crippen molar-refractivity contribution in [2.45, 2.75) is 31.6 Å². The van der Waals surface area contributed by atoms with Gasteiger partial charge in [-0.15, -0.1) is 0 Å². The second kappa shape index (κ2) is 3.50. The normalized spacial score (nSPS) is 17.9. The third-order valence-electron chi connectivity index (χ3n) is 2.58. The summed E-state index contributed by atoms with van der Waals surface area (Å²) in [5.41, 5.74) is 6.48. The second-order valence-electron chi connectivity index (χ2n) is 3.46. The molecule has 70 valence electrons. The summed E-state index contributed by atoms with van der Waals surface area (Å²) in [6.07, 6.45) is 6.73. The highest BCUT2D eigenvalue weighted by molar-refractivity contribution is 6.30. The summed E-state index contributed by atoms with van der Waals surface area (Å²) in [7, 11) is 0. The van der Waals surface area contributed by atoms with E-state index in [-0.39, 0.29) is 5.95 Å². The minimum absolute atomic E-state index is 0.256. The highest BCUT2D eigenvalue weighted by Gasteiger charge is 2.20. The van der Waals surface area contributed by atoms with Crippen molar-refractivity contribution in [2.75, 3.05) is 5.73 Å². The standard InChI is InChI=1S/C9H12ClN3/c10-8-7(5-12-9(11)13-8)6-3-1-2-4-6/h5-6H,1-4H2,(H2,11,12,13). The van der Waals surface area contributed by atoms with Gasteiger partial charge in [-0.2, -0.15) is 0 Å². The Morgan fingerprint density at radius 1 is 1.38 bits per heavy atom. The van der Waals surface area contributed by atoms with Crippen molar-refractivity contribution < 1.29 is 0 Å². The average Bonchev–Trinajstić information content (AvgIpc) is 2.56. The van der Waals surface area contributed by atoms with Crippen LogP contribution in [0.3, 0.4) is 0 Å². The number of nitrogens with two attached hydrogens (primary N) is 1. The lowest BCUT2D eigenvalue weighted by molar-refractivity contribution is 0.715. The van der Waals surface area contributed by atoms with Crippen molar-refractivity contribution in [3.05, 3.63) is 16.9 Å². The molecular weight excluding hydrogens is 186 g/mol. The Bertz CT molecular complexity index is 308. The second-order valence-corrected chi connectivity index (χ2v) is 3.81. The quantitative estimate of drug-likeness (QED) is 0.704. The Morgan fingerprint density at radius 2 is 2.08 bits per heavy atom.